The molecule has 6 nitrogen and oxygen atoms in total. The van der Waals surface area contributed by atoms with E-state index in [1.54, 1.807) is 14.2 Å². The van der Waals surface area contributed by atoms with Gasteiger partial charge in [-0.25, -0.2) is 0 Å². The molecule has 6 heteroatoms. The van der Waals surface area contributed by atoms with Gasteiger partial charge in [-0.05, 0) is 65.8 Å². The van der Waals surface area contributed by atoms with Crippen LogP contribution in [0.1, 0.15) is 61.2 Å². The van der Waals surface area contributed by atoms with E-state index >= 15 is 0 Å². The molecule has 0 amide bonds. The van der Waals surface area contributed by atoms with E-state index in [2.05, 4.69) is 32.0 Å². The maximum absolute atomic E-state index is 13.2. The molecule has 0 radical (unpaired) electrons. The van der Waals surface area contributed by atoms with Gasteiger partial charge in [0.25, 0.3) is 0 Å². The Labute approximate surface area is 231 Å². The van der Waals surface area contributed by atoms with Gasteiger partial charge in [-0.1, -0.05) is 56.3 Å². The van der Waals surface area contributed by atoms with Crippen LogP contribution in [0.5, 0.6) is 17.2 Å². The summed E-state index contributed by atoms with van der Waals surface area (Å²) in [6, 6.07) is 22.0. The van der Waals surface area contributed by atoms with Crippen molar-refractivity contribution in [2.24, 2.45) is 17.8 Å². The topological polar surface area (TPSA) is 63.2 Å². The standard InChI is InChI=1S/C33H38O6/c1-20(2)15-22-9-11-23(12-10-22)21(3)33(34)39-30-17-25(13-14-29(30)36-5)32-28-19-37-31(27(28)18-38-32)24-7-6-8-26(16-24)35-4/h6-14,16-17,20-21,27-28,31-32H,15,18-19H2,1-5H3/t21?,27?,28?,31-,32?/m1/s1. The Morgan fingerprint density at radius 2 is 1.49 bits per heavy atom. The highest BCUT2D eigenvalue weighted by Gasteiger charge is 2.48. The molecule has 0 spiro atoms. The fourth-order valence-corrected chi connectivity index (χ4v) is 5.75. The maximum atomic E-state index is 13.2. The molecule has 3 aromatic carbocycles. The Balaban J connectivity index is 1.30. The molecule has 2 saturated heterocycles. The lowest BCUT2D eigenvalue weighted by Gasteiger charge is -2.19. The summed E-state index contributed by atoms with van der Waals surface area (Å²) in [4.78, 5) is 13.2. The van der Waals surface area contributed by atoms with E-state index in [1.807, 2.05) is 55.5 Å². The van der Waals surface area contributed by atoms with Crippen LogP contribution in [-0.4, -0.2) is 33.4 Å². The SMILES string of the molecule is COc1cccc([C@H]2OCC3C(c4ccc(OC)c(OC(=O)C(C)c5ccc(CC(C)C)cc5)c4)OCC32)c1. The van der Waals surface area contributed by atoms with Crippen LogP contribution in [0.25, 0.3) is 0 Å². The summed E-state index contributed by atoms with van der Waals surface area (Å²) in [5.41, 5.74) is 4.24. The highest BCUT2D eigenvalue weighted by atomic mass is 16.6. The summed E-state index contributed by atoms with van der Waals surface area (Å²) in [6.07, 6.45) is 0.817. The molecule has 0 aliphatic carbocycles. The quantitative estimate of drug-likeness (QED) is 0.227. The van der Waals surface area contributed by atoms with Gasteiger partial charge in [-0.3, -0.25) is 4.79 Å². The minimum Gasteiger partial charge on any atom is -0.497 e. The van der Waals surface area contributed by atoms with Crippen LogP contribution in [0, 0.1) is 17.8 Å². The van der Waals surface area contributed by atoms with Gasteiger partial charge in [0.1, 0.15) is 5.75 Å². The summed E-state index contributed by atoms with van der Waals surface area (Å²) >= 11 is 0. The number of hydrogen-bond acceptors (Lipinski definition) is 6. The summed E-state index contributed by atoms with van der Waals surface area (Å²) < 4.78 is 29.4. The Morgan fingerprint density at radius 1 is 0.821 bits per heavy atom. The molecule has 206 valence electrons. The number of esters is 1. The second-order valence-corrected chi connectivity index (χ2v) is 11.0. The Hall–Kier alpha value is -3.35. The molecule has 5 rings (SSSR count). The average molecular weight is 531 g/mol. The number of methoxy groups -OCH3 is 2. The molecule has 2 aliphatic rings. The largest absolute Gasteiger partial charge is 0.497 e. The van der Waals surface area contributed by atoms with Crippen molar-refractivity contribution in [3.63, 3.8) is 0 Å². The second kappa shape index (κ2) is 11.8. The summed E-state index contributed by atoms with van der Waals surface area (Å²) in [6.45, 7) is 7.47. The molecule has 2 heterocycles. The van der Waals surface area contributed by atoms with E-state index in [4.69, 9.17) is 23.7 Å². The Kier molecular flexibility index (Phi) is 8.24. The molecule has 4 unspecified atom stereocenters. The van der Waals surface area contributed by atoms with Crippen LogP contribution in [0.3, 0.4) is 0 Å². The van der Waals surface area contributed by atoms with Gasteiger partial charge < -0.3 is 23.7 Å². The molecular formula is C33H38O6. The molecular weight excluding hydrogens is 492 g/mol. The Bertz CT molecular complexity index is 1280. The van der Waals surface area contributed by atoms with E-state index in [9.17, 15) is 4.79 Å². The predicted molar refractivity (Wildman–Crippen MR) is 149 cm³/mol. The van der Waals surface area contributed by atoms with Gasteiger partial charge in [0.2, 0.25) is 0 Å². The van der Waals surface area contributed by atoms with Crippen molar-refractivity contribution in [3.05, 3.63) is 89.0 Å². The van der Waals surface area contributed by atoms with Gasteiger partial charge in [-0.15, -0.1) is 0 Å². The van der Waals surface area contributed by atoms with Crippen molar-refractivity contribution in [1.82, 2.24) is 0 Å². The first-order valence-corrected chi connectivity index (χ1v) is 13.7. The second-order valence-electron chi connectivity index (χ2n) is 11.0. The average Bonchev–Trinajstić information content (AvgIpc) is 3.55. The fraction of sp³-hybridized carbons (Fsp3) is 0.424. The van der Waals surface area contributed by atoms with Gasteiger partial charge >= 0.3 is 5.97 Å². The van der Waals surface area contributed by atoms with Crippen molar-refractivity contribution in [3.8, 4) is 17.2 Å². The van der Waals surface area contributed by atoms with E-state index in [1.165, 1.54) is 5.56 Å². The Morgan fingerprint density at radius 3 is 2.10 bits per heavy atom. The highest BCUT2D eigenvalue weighted by Crippen LogP contribution is 2.51. The monoisotopic (exact) mass is 530 g/mol. The van der Waals surface area contributed by atoms with Crippen molar-refractivity contribution in [2.75, 3.05) is 27.4 Å². The van der Waals surface area contributed by atoms with Crippen LogP contribution in [0.2, 0.25) is 0 Å². The lowest BCUT2D eigenvalue weighted by atomic mass is 9.85. The zero-order valence-electron chi connectivity index (χ0n) is 23.4. The third kappa shape index (κ3) is 5.82. The summed E-state index contributed by atoms with van der Waals surface area (Å²) in [5.74, 6) is 2.00. The third-order valence-electron chi connectivity index (χ3n) is 7.89. The van der Waals surface area contributed by atoms with Gasteiger partial charge in [0, 0.05) is 11.8 Å². The summed E-state index contributed by atoms with van der Waals surface area (Å²) in [5, 5.41) is 0. The highest BCUT2D eigenvalue weighted by molar-refractivity contribution is 5.80. The molecule has 3 aromatic rings. The molecule has 2 aliphatic heterocycles. The normalized spacial score (nSPS) is 22.9. The van der Waals surface area contributed by atoms with Gasteiger partial charge in [0.05, 0.1) is 45.6 Å². The van der Waals surface area contributed by atoms with Crippen LogP contribution >= 0.6 is 0 Å². The zero-order chi connectivity index (χ0) is 27.5. The third-order valence-corrected chi connectivity index (χ3v) is 7.89. The van der Waals surface area contributed by atoms with Crippen molar-refractivity contribution in [2.45, 2.75) is 45.3 Å². The molecule has 0 N–H and O–H groups in total. The van der Waals surface area contributed by atoms with Crippen molar-refractivity contribution in [1.29, 1.82) is 0 Å². The van der Waals surface area contributed by atoms with E-state index in [-0.39, 0.29) is 30.0 Å². The predicted octanol–water partition coefficient (Wildman–Crippen LogP) is 6.69. The molecule has 5 atom stereocenters. The number of carbonyl (C=O) groups excluding carboxylic acids is 1. The van der Waals surface area contributed by atoms with Gasteiger partial charge in [0.15, 0.2) is 11.5 Å². The maximum Gasteiger partial charge on any atom is 0.318 e. The minimum atomic E-state index is -0.412. The molecule has 0 aromatic heterocycles. The van der Waals surface area contributed by atoms with Gasteiger partial charge in [-0.2, -0.15) is 0 Å². The van der Waals surface area contributed by atoms with E-state index in [0.717, 1.165) is 28.9 Å². The zero-order valence-corrected chi connectivity index (χ0v) is 23.4. The van der Waals surface area contributed by atoms with Crippen LogP contribution in [0.15, 0.2) is 66.7 Å². The lowest BCUT2D eigenvalue weighted by Crippen LogP contribution is -2.17. The number of ether oxygens (including phenoxy) is 5. The summed E-state index contributed by atoms with van der Waals surface area (Å²) in [7, 11) is 3.25. The molecule has 2 fully saturated rings. The number of hydrogen-bond donors (Lipinski definition) is 0. The number of benzene rings is 3. The smallest absolute Gasteiger partial charge is 0.318 e. The van der Waals surface area contributed by atoms with Crippen LogP contribution in [-0.2, 0) is 20.7 Å². The molecule has 39 heavy (non-hydrogen) atoms. The van der Waals surface area contributed by atoms with Crippen LogP contribution in [0.4, 0.5) is 0 Å². The van der Waals surface area contributed by atoms with Crippen molar-refractivity contribution >= 4 is 5.97 Å². The number of rotatable bonds is 9. The molecule has 0 bridgehead atoms. The minimum absolute atomic E-state index is 0.0431. The van der Waals surface area contributed by atoms with E-state index in [0.29, 0.717) is 30.6 Å². The number of fused-ring (bicyclic) bond motifs is 1. The molecule has 0 saturated carbocycles. The lowest BCUT2D eigenvalue weighted by molar-refractivity contribution is -0.135. The van der Waals surface area contributed by atoms with E-state index < -0.39 is 5.92 Å². The first-order chi connectivity index (χ1) is 18.9. The number of carbonyl (C=O) groups is 1. The first kappa shape index (κ1) is 27.2. The first-order valence-electron chi connectivity index (χ1n) is 13.7. The van der Waals surface area contributed by atoms with Crippen molar-refractivity contribution < 1.29 is 28.5 Å². The van der Waals surface area contributed by atoms with Crippen LogP contribution < -0.4 is 14.2 Å². The fourth-order valence-electron chi connectivity index (χ4n) is 5.75.